The number of hydrogen-bond acceptors (Lipinski definition) is 12. The number of aromatic hydroxyl groups is 1. The van der Waals surface area contributed by atoms with E-state index in [2.05, 4.69) is 32.0 Å². The molecule has 4 atom stereocenters. The van der Waals surface area contributed by atoms with Gasteiger partial charge in [0.05, 0.1) is 36.1 Å². The molecule has 1 fully saturated rings. The second-order valence-electron chi connectivity index (χ2n) is 13.3. The Morgan fingerprint density at radius 2 is 1.64 bits per heavy atom. The van der Waals surface area contributed by atoms with E-state index < -0.39 is 52.6 Å². The summed E-state index contributed by atoms with van der Waals surface area (Å²) in [4.78, 5) is 55.1. The number of carbonyl (C=O) groups is 3. The molecule has 0 aliphatic carbocycles. The second-order valence-corrected chi connectivity index (χ2v) is 13.3. The van der Waals surface area contributed by atoms with E-state index in [-0.39, 0.29) is 29.5 Å². The first-order valence-electron chi connectivity index (χ1n) is 18.3. The number of aldehydes is 1. The molecular formula is C43H37N9O6. The number of ether oxygens (including phenoxy) is 1. The van der Waals surface area contributed by atoms with E-state index in [1.54, 1.807) is 109 Å². The molecule has 1 saturated heterocycles. The molecule has 58 heavy (non-hydrogen) atoms. The minimum Gasteiger partial charge on any atom is -0.492 e. The van der Waals surface area contributed by atoms with Crippen molar-refractivity contribution in [1.82, 2.24) is 9.58 Å². The minimum atomic E-state index is -1.54. The van der Waals surface area contributed by atoms with E-state index in [1.165, 1.54) is 12.1 Å². The third kappa shape index (κ3) is 8.91. The van der Waals surface area contributed by atoms with Crippen molar-refractivity contribution in [3.8, 4) is 29.1 Å². The summed E-state index contributed by atoms with van der Waals surface area (Å²) < 4.78 is 6.01. The van der Waals surface area contributed by atoms with E-state index in [4.69, 9.17) is 4.74 Å². The van der Waals surface area contributed by atoms with E-state index in [1.807, 2.05) is 13.0 Å². The van der Waals surface area contributed by atoms with Gasteiger partial charge in [0.2, 0.25) is 5.88 Å². The molecule has 15 nitrogen and oxygen atoms in total. The first kappa shape index (κ1) is 40.1. The van der Waals surface area contributed by atoms with Gasteiger partial charge in [-0.25, -0.2) is 0 Å². The van der Waals surface area contributed by atoms with E-state index in [0.717, 1.165) is 6.42 Å². The standard InChI is InChI=1S/C43H37N9O6/c1-3-20-51(2)41(55)30-17-11-19-32(22-30)47-48-38(36(28-13-6-4-7-14-28)33(23-44)35-26-58-35)40(54)50-52-42(56)34(24-45)37(29-15-8-5-9-16-29)39(43(52)57)49-46-31-18-10-12-27(21-31)25-53/h4-19,21-22,25,33,35-36,38,56H,3,20,26H2,1-2H3,(H,50,54). The van der Waals surface area contributed by atoms with Gasteiger partial charge >= 0.3 is 5.56 Å². The van der Waals surface area contributed by atoms with Crippen LogP contribution in [0.5, 0.6) is 5.88 Å². The lowest BCUT2D eigenvalue weighted by Crippen LogP contribution is -2.42. The van der Waals surface area contributed by atoms with E-state index in [9.17, 15) is 34.8 Å². The van der Waals surface area contributed by atoms with E-state index >= 15 is 0 Å². The third-order valence-corrected chi connectivity index (χ3v) is 9.38. The van der Waals surface area contributed by atoms with Crippen molar-refractivity contribution < 1.29 is 24.2 Å². The smallest absolute Gasteiger partial charge is 0.300 e. The molecule has 2 heterocycles. The SMILES string of the molecule is CCCN(C)C(=O)c1cccc(N=NC(C(=O)Nn2c(O)c(C#N)c(-c3ccccc3)c(N=Nc3cccc(C=O)c3)c2=O)C(c2ccccc2)C(C#N)C2CO2)c1. The van der Waals surface area contributed by atoms with Crippen LogP contribution >= 0.6 is 0 Å². The van der Waals surface area contributed by atoms with Crippen molar-refractivity contribution in [1.29, 1.82) is 10.5 Å². The van der Waals surface area contributed by atoms with Crippen molar-refractivity contribution in [3.63, 3.8) is 0 Å². The molecule has 4 aromatic carbocycles. The Labute approximate surface area is 333 Å². The maximum atomic E-state index is 14.7. The highest BCUT2D eigenvalue weighted by Gasteiger charge is 2.45. The number of nitrogens with one attached hydrogen (secondary N) is 1. The van der Waals surface area contributed by atoms with Crippen LogP contribution in [0.1, 0.15) is 51.1 Å². The van der Waals surface area contributed by atoms with Crippen molar-refractivity contribution in [2.24, 2.45) is 26.4 Å². The van der Waals surface area contributed by atoms with Crippen LogP contribution < -0.4 is 11.0 Å². The lowest BCUT2D eigenvalue weighted by atomic mass is 9.79. The van der Waals surface area contributed by atoms with Gasteiger partial charge in [0, 0.05) is 36.2 Å². The van der Waals surface area contributed by atoms with Gasteiger partial charge in [0.25, 0.3) is 11.8 Å². The Bertz CT molecular complexity index is 2520. The number of benzene rings is 4. The zero-order valence-electron chi connectivity index (χ0n) is 31.5. The molecular weight excluding hydrogens is 739 g/mol. The molecule has 5 aromatic rings. The van der Waals surface area contributed by atoms with Crippen LogP contribution in [-0.2, 0) is 9.53 Å². The molecule has 1 aromatic heterocycles. The molecule has 1 aliphatic rings. The zero-order chi connectivity index (χ0) is 41.2. The molecule has 0 spiro atoms. The third-order valence-electron chi connectivity index (χ3n) is 9.38. The predicted octanol–water partition coefficient (Wildman–Crippen LogP) is 7.35. The summed E-state index contributed by atoms with van der Waals surface area (Å²) in [5, 5.41) is 49.6. The minimum absolute atomic E-state index is 0.0563. The van der Waals surface area contributed by atoms with Gasteiger partial charge in [-0.2, -0.15) is 30.5 Å². The van der Waals surface area contributed by atoms with Crippen LogP contribution in [0.2, 0.25) is 0 Å². The monoisotopic (exact) mass is 775 g/mol. The Balaban J connectivity index is 1.49. The topological polar surface area (TPSA) is 218 Å². The van der Waals surface area contributed by atoms with Crippen molar-refractivity contribution in [2.75, 3.05) is 25.6 Å². The number of rotatable bonds is 15. The molecule has 2 amide bonds. The van der Waals surface area contributed by atoms with E-state index in [0.29, 0.717) is 39.8 Å². The maximum absolute atomic E-state index is 14.7. The van der Waals surface area contributed by atoms with Crippen LogP contribution in [0.4, 0.5) is 17.1 Å². The first-order valence-corrected chi connectivity index (χ1v) is 18.3. The molecule has 6 rings (SSSR count). The van der Waals surface area contributed by atoms with Gasteiger partial charge in [0.1, 0.15) is 17.9 Å². The highest BCUT2D eigenvalue weighted by atomic mass is 16.6. The predicted molar refractivity (Wildman–Crippen MR) is 213 cm³/mol. The number of nitriles is 2. The summed E-state index contributed by atoms with van der Waals surface area (Å²) >= 11 is 0. The summed E-state index contributed by atoms with van der Waals surface area (Å²) in [6.07, 6.45) is 0.843. The summed E-state index contributed by atoms with van der Waals surface area (Å²) in [5.74, 6) is -4.04. The molecule has 15 heteroatoms. The fourth-order valence-corrected chi connectivity index (χ4v) is 6.48. The molecule has 290 valence electrons. The average molecular weight is 776 g/mol. The van der Waals surface area contributed by atoms with Crippen LogP contribution in [0.15, 0.2) is 134 Å². The van der Waals surface area contributed by atoms with Crippen LogP contribution in [0.25, 0.3) is 11.1 Å². The zero-order valence-corrected chi connectivity index (χ0v) is 31.5. The van der Waals surface area contributed by atoms with Gasteiger partial charge in [-0.1, -0.05) is 85.8 Å². The molecule has 0 saturated carbocycles. The maximum Gasteiger partial charge on any atom is 0.300 e. The number of hydrogen-bond donors (Lipinski definition) is 2. The van der Waals surface area contributed by atoms with Crippen molar-refractivity contribution in [2.45, 2.75) is 31.4 Å². The highest BCUT2D eigenvalue weighted by molar-refractivity contribution is 5.95. The summed E-state index contributed by atoms with van der Waals surface area (Å²) in [5.41, 5.74) is 2.46. The molecule has 1 aliphatic heterocycles. The first-order chi connectivity index (χ1) is 28.2. The van der Waals surface area contributed by atoms with Crippen LogP contribution in [0, 0.1) is 28.6 Å². The molecule has 0 radical (unpaired) electrons. The Morgan fingerprint density at radius 3 is 2.28 bits per heavy atom. The lowest BCUT2D eigenvalue weighted by Gasteiger charge is -2.27. The second kappa shape index (κ2) is 18.3. The summed E-state index contributed by atoms with van der Waals surface area (Å²) in [6.45, 7) is 2.75. The largest absolute Gasteiger partial charge is 0.492 e. The highest BCUT2D eigenvalue weighted by Crippen LogP contribution is 2.39. The van der Waals surface area contributed by atoms with Crippen LogP contribution in [-0.4, -0.2) is 65.1 Å². The number of azo groups is 2. The van der Waals surface area contributed by atoms with Crippen molar-refractivity contribution in [3.05, 3.63) is 142 Å². The number of nitrogens with zero attached hydrogens (tertiary/aromatic N) is 8. The quantitative estimate of drug-likeness (QED) is 0.0621. The number of pyridine rings is 1. The number of epoxide rings is 1. The molecule has 2 N–H and O–H groups in total. The van der Waals surface area contributed by atoms with Crippen molar-refractivity contribution >= 4 is 35.2 Å². The number of aromatic nitrogens is 1. The Morgan fingerprint density at radius 1 is 0.966 bits per heavy atom. The molecule has 4 unspecified atom stereocenters. The number of amides is 2. The van der Waals surface area contributed by atoms with Gasteiger partial charge < -0.3 is 14.7 Å². The fraction of sp³-hybridized carbons (Fsp3) is 0.209. The Hall–Kier alpha value is -7.62. The van der Waals surface area contributed by atoms with Crippen LogP contribution in [0.3, 0.4) is 0 Å². The van der Waals surface area contributed by atoms with Gasteiger partial charge in [-0.15, -0.1) is 5.11 Å². The molecule has 0 bridgehead atoms. The van der Waals surface area contributed by atoms with Gasteiger partial charge in [0.15, 0.2) is 11.7 Å². The van der Waals surface area contributed by atoms with Gasteiger partial charge in [-0.05, 0) is 47.9 Å². The number of carbonyl (C=O) groups excluding carboxylic acids is 3. The fourth-order valence-electron chi connectivity index (χ4n) is 6.48. The lowest BCUT2D eigenvalue weighted by molar-refractivity contribution is -0.119. The average Bonchev–Trinajstić information content (AvgIpc) is 4.10. The Kier molecular flexibility index (Phi) is 12.7. The normalized spacial score (nSPS) is 14.9. The summed E-state index contributed by atoms with van der Waals surface area (Å²) in [6, 6.07) is 32.1. The van der Waals surface area contributed by atoms with Gasteiger partial charge in [-0.3, -0.25) is 24.6 Å². The summed E-state index contributed by atoms with van der Waals surface area (Å²) in [7, 11) is 1.69.